The smallest absolute Gasteiger partial charge is 0.317 e. The number of anilines is 4. The fourth-order valence-corrected chi connectivity index (χ4v) is 14.5. The summed E-state index contributed by atoms with van der Waals surface area (Å²) < 4.78 is 62.9. The van der Waals surface area contributed by atoms with E-state index in [-0.39, 0.29) is 78.8 Å². The van der Waals surface area contributed by atoms with E-state index in [0.717, 1.165) is 20.1 Å². The van der Waals surface area contributed by atoms with Crippen molar-refractivity contribution in [1.29, 1.82) is 0 Å². The number of aromatic nitrogens is 4. The Balaban J connectivity index is 0.000000183. The molecule has 10 rings (SSSR count). The van der Waals surface area contributed by atoms with Crippen molar-refractivity contribution in [3.63, 3.8) is 0 Å². The summed E-state index contributed by atoms with van der Waals surface area (Å²) in [5.74, 6) is -0.325. The van der Waals surface area contributed by atoms with Crippen molar-refractivity contribution >= 4 is 139 Å². The van der Waals surface area contributed by atoms with E-state index in [1.807, 2.05) is 48.5 Å². The summed E-state index contributed by atoms with van der Waals surface area (Å²) in [7, 11) is -6.45. The molecule has 4 amide bonds. The molecule has 2 N–H and O–H groups in total. The summed E-state index contributed by atoms with van der Waals surface area (Å²) in [5, 5.41) is 6.97. The second-order valence-corrected chi connectivity index (χ2v) is 25.6. The Morgan fingerprint density at radius 3 is 1.34 bits per heavy atom. The molecular weight excluding hydrogens is 1210 g/mol. The number of amides is 4. The minimum absolute atomic E-state index is 0.0158. The first kappa shape index (κ1) is 54.2. The van der Waals surface area contributed by atoms with E-state index in [4.69, 9.17) is 46.4 Å². The fraction of sp³-hybridized carbons (Fsp3) is 0.312. The molecule has 74 heavy (non-hydrogen) atoms. The van der Waals surface area contributed by atoms with Gasteiger partial charge in [0.25, 0.3) is 31.9 Å². The van der Waals surface area contributed by atoms with Gasteiger partial charge in [-0.05, 0) is 85.6 Å². The number of carbonyl (C=O) groups is 3. The van der Waals surface area contributed by atoms with Crippen molar-refractivity contribution in [1.82, 2.24) is 43.2 Å². The normalized spacial score (nSPS) is 20.4. The molecule has 0 spiro atoms. The van der Waals surface area contributed by atoms with Crippen molar-refractivity contribution in [3.8, 4) is 0 Å². The third kappa shape index (κ3) is 10.1. The highest BCUT2D eigenvalue weighted by Gasteiger charge is 2.54. The molecule has 6 aromatic rings. The maximum absolute atomic E-state index is 14.2. The number of urea groups is 1. The molecule has 4 aromatic carbocycles. The van der Waals surface area contributed by atoms with Crippen LogP contribution in [0.25, 0.3) is 0 Å². The van der Waals surface area contributed by atoms with Crippen LogP contribution in [0.5, 0.6) is 0 Å². The summed E-state index contributed by atoms with van der Waals surface area (Å²) in [4.78, 5) is 53.4. The number of sulfonamides is 2. The second-order valence-electron chi connectivity index (χ2n) is 18.3. The first-order chi connectivity index (χ1) is 35.1. The highest BCUT2D eigenvalue weighted by molar-refractivity contribution is 9.10. The predicted octanol–water partition coefficient (Wildman–Crippen LogP) is 8.42. The summed E-state index contributed by atoms with van der Waals surface area (Å²) in [6, 6.07) is 24.3. The number of fused-ring (bicyclic) bond motifs is 2. The molecule has 4 aliphatic rings. The highest BCUT2D eigenvalue weighted by atomic mass is 79.9. The van der Waals surface area contributed by atoms with E-state index in [2.05, 4.69) is 52.5 Å². The molecule has 0 unspecified atom stereocenters. The van der Waals surface area contributed by atoms with E-state index in [9.17, 15) is 31.2 Å². The number of halogens is 6. The number of nitrogens with zero attached hydrogens (tertiary/aromatic N) is 9. The van der Waals surface area contributed by atoms with Crippen molar-refractivity contribution in [2.75, 3.05) is 69.2 Å². The Labute approximate surface area is 464 Å². The molecule has 6 heterocycles. The molecule has 2 atom stereocenters. The van der Waals surface area contributed by atoms with Gasteiger partial charge in [0.1, 0.15) is 11.1 Å². The van der Waals surface area contributed by atoms with Crippen LogP contribution in [0.4, 0.5) is 28.1 Å². The lowest BCUT2D eigenvalue weighted by Crippen LogP contribution is -2.53. The molecule has 0 radical (unpaired) electrons. The summed E-state index contributed by atoms with van der Waals surface area (Å²) in [5.41, 5.74) is -0.0782. The zero-order valence-corrected chi connectivity index (χ0v) is 47.6. The minimum Gasteiger partial charge on any atom is -0.341 e. The van der Waals surface area contributed by atoms with Crippen LogP contribution in [-0.2, 0) is 53.6 Å². The van der Waals surface area contributed by atoms with Gasteiger partial charge in [-0.1, -0.05) is 103 Å². The van der Waals surface area contributed by atoms with Gasteiger partial charge in [-0.3, -0.25) is 18.7 Å². The zero-order valence-electron chi connectivity index (χ0n) is 39.8. The van der Waals surface area contributed by atoms with E-state index in [1.54, 1.807) is 59.7 Å². The average molecular weight is 1260 g/mol. The van der Waals surface area contributed by atoms with Gasteiger partial charge in [0.05, 0.1) is 23.8 Å². The third-order valence-electron chi connectivity index (χ3n) is 13.3. The van der Waals surface area contributed by atoms with Gasteiger partial charge in [-0.25, -0.2) is 41.4 Å². The molecule has 2 aromatic heterocycles. The van der Waals surface area contributed by atoms with Crippen LogP contribution in [-0.4, -0.2) is 127 Å². The molecule has 26 heteroatoms. The van der Waals surface area contributed by atoms with Gasteiger partial charge in [-0.15, -0.1) is 0 Å². The van der Waals surface area contributed by atoms with Gasteiger partial charge in [-0.2, -0.15) is 8.61 Å². The molecular formula is C48H47Br2Cl4N11O7S2. The minimum atomic E-state index is -4.08. The Hall–Kier alpha value is -4.59. The van der Waals surface area contributed by atoms with Crippen molar-refractivity contribution < 1.29 is 31.2 Å². The maximum atomic E-state index is 14.2. The van der Waals surface area contributed by atoms with Crippen molar-refractivity contribution in [3.05, 3.63) is 137 Å². The van der Waals surface area contributed by atoms with E-state index < -0.39 is 31.1 Å². The Bertz CT molecular complexity index is 3370. The lowest BCUT2D eigenvalue weighted by atomic mass is 9.92. The Kier molecular flexibility index (Phi) is 15.4. The first-order valence-corrected chi connectivity index (χ1v) is 29.0. The van der Waals surface area contributed by atoms with Gasteiger partial charge in [0.2, 0.25) is 11.9 Å². The number of benzene rings is 4. The average Bonchev–Trinajstić information content (AvgIpc) is 4.11. The van der Waals surface area contributed by atoms with Crippen LogP contribution in [0.2, 0.25) is 20.1 Å². The van der Waals surface area contributed by atoms with Crippen LogP contribution in [0, 0.1) is 0 Å². The lowest BCUT2D eigenvalue weighted by Gasteiger charge is -2.34. The summed E-state index contributed by atoms with van der Waals surface area (Å²) in [6.45, 7) is 5.95. The van der Waals surface area contributed by atoms with Crippen LogP contribution < -0.4 is 20.4 Å². The number of carbonyl (C=O) groups excluding carboxylic acids is 3. The Morgan fingerprint density at radius 2 is 0.973 bits per heavy atom. The fourth-order valence-electron chi connectivity index (χ4n) is 9.67. The molecule has 2 fully saturated rings. The predicted molar refractivity (Wildman–Crippen MR) is 291 cm³/mol. The zero-order chi connectivity index (χ0) is 53.1. The van der Waals surface area contributed by atoms with Crippen LogP contribution in [0.1, 0.15) is 25.0 Å². The van der Waals surface area contributed by atoms with Crippen LogP contribution in [0.15, 0.2) is 116 Å². The van der Waals surface area contributed by atoms with Gasteiger partial charge < -0.3 is 15.5 Å². The maximum Gasteiger partial charge on any atom is 0.317 e. The van der Waals surface area contributed by atoms with Crippen LogP contribution in [0.3, 0.4) is 0 Å². The largest absolute Gasteiger partial charge is 0.341 e. The molecule has 2 saturated heterocycles. The van der Waals surface area contributed by atoms with Crippen molar-refractivity contribution in [2.45, 2.75) is 47.8 Å². The standard InChI is InChI=1S/C25H25BrCl2N6O4S.C23H22BrCl2N5O3S/c1-25(14-16-3-5-17(26)6-4-16)22(35)33(20-12-18(27)11-19(28)13-20)23-30-15-21(34(23)25)39(37,38)32-9-7-31(8-10-32)24(36)29-2;1-23(13-15-2-4-16(24)5-3-15)21(32)30(19-11-17(25)10-18(26)12-19)22-28-14-20(31(22)23)35(33,34)29-8-6-27-7-9-29/h3-6,11-13,15H,7-10,14H2,1-2H3,(H,29,36);2-5,10-12,14,27H,6-9,13H2,1H3/t25-;23-/m11/s1. The monoisotopic (exact) mass is 1250 g/mol. The lowest BCUT2D eigenvalue weighted by molar-refractivity contribution is -0.124. The van der Waals surface area contributed by atoms with E-state index >= 15 is 0 Å². The van der Waals surface area contributed by atoms with Crippen LogP contribution >= 0.6 is 78.3 Å². The molecule has 0 bridgehead atoms. The number of imidazole rings is 2. The SMILES string of the molecule is CNC(=O)N1CCN(S(=O)(=O)c2cnc3n2[C@](C)(Cc2ccc(Br)cc2)C(=O)N3c2cc(Cl)cc(Cl)c2)CC1.C[C@@]1(Cc2ccc(Br)cc2)C(=O)N(c2cc(Cl)cc(Cl)c2)c2ncc(S(=O)(=O)N3CCNCC3)n21. The molecule has 18 nitrogen and oxygen atoms in total. The summed E-state index contributed by atoms with van der Waals surface area (Å²) >= 11 is 31.8. The second kappa shape index (κ2) is 21.1. The number of rotatable bonds is 10. The van der Waals surface area contributed by atoms with Gasteiger partial charge >= 0.3 is 6.03 Å². The molecule has 0 saturated carbocycles. The number of hydrogen-bond acceptors (Lipinski definition) is 10. The van der Waals surface area contributed by atoms with Crippen molar-refractivity contribution in [2.24, 2.45) is 0 Å². The number of hydrogen-bond donors (Lipinski definition) is 2. The molecule has 390 valence electrons. The van der Waals surface area contributed by atoms with E-state index in [1.165, 1.54) is 42.4 Å². The highest BCUT2D eigenvalue weighted by Crippen LogP contribution is 2.47. The first-order valence-electron chi connectivity index (χ1n) is 23.0. The van der Waals surface area contributed by atoms with Gasteiger partial charge in [0.15, 0.2) is 10.1 Å². The van der Waals surface area contributed by atoms with Gasteiger partial charge in [0, 0.05) is 101 Å². The quantitative estimate of drug-likeness (QED) is 0.134. The number of nitrogens with one attached hydrogen (secondary N) is 2. The van der Waals surface area contributed by atoms with E-state index in [0.29, 0.717) is 57.6 Å². The molecule has 0 aliphatic carbocycles. The third-order valence-corrected chi connectivity index (χ3v) is 18.9. The topological polar surface area (TPSA) is 195 Å². The summed E-state index contributed by atoms with van der Waals surface area (Å²) in [6.07, 6.45) is 3.08. The number of piperazine rings is 2. The Morgan fingerprint density at radius 1 is 0.608 bits per heavy atom. The molecule has 4 aliphatic heterocycles.